The molecule has 0 fully saturated rings. The number of sulfonamides is 1. The summed E-state index contributed by atoms with van der Waals surface area (Å²) in [6.45, 7) is 4.59. The summed E-state index contributed by atoms with van der Waals surface area (Å²) in [6.07, 6.45) is 1.24. The molecule has 1 aliphatic heterocycles. The van der Waals surface area contributed by atoms with Gasteiger partial charge in [-0.25, -0.2) is 13.6 Å². The van der Waals surface area contributed by atoms with E-state index in [2.05, 4.69) is 4.99 Å². The Hall–Kier alpha value is -0.920. The third-order valence-electron chi connectivity index (χ3n) is 2.06. The molecule has 0 saturated carbocycles. The van der Waals surface area contributed by atoms with Crippen molar-refractivity contribution in [3.63, 3.8) is 0 Å². The Morgan fingerprint density at radius 3 is 2.67 bits per heavy atom. The molecule has 86 valence electrons. The van der Waals surface area contributed by atoms with Gasteiger partial charge in [-0.3, -0.25) is 4.99 Å². The van der Waals surface area contributed by atoms with Gasteiger partial charge < -0.3 is 10.5 Å². The second kappa shape index (κ2) is 3.92. The molecule has 4 N–H and O–H groups in total. The van der Waals surface area contributed by atoms with Crippen LogP contribution in [-0.4, -0.2) is 32.9 Å². The summed E-state index contributed by atoms with van der Waals surface area (Å²) < 4.78 is 27.2. The Morgan fingerprint density at radius 2 is 2.20 bits per heavy atom. The molecule has 1 heterocycles. The Balaban J connectivity index is 3.05. The smallest absolute Gasteiger partial charge is 0.253 e. The average Bonchev–Trinajstić information content (AvgIpc) is 2.06. The van der Waals surface area contributed by atoms with Gasteiger partial charge >= 0.3 is 0 Å². The third kappa shape index (κ3) is 3.01. The molecular formula is C8H15N3O3S. The zero-order valence-electron chi connectivity index (χ0n) is 8.73. The highest BCUT2D eigenvalue weighted by Crippen LogP contribution is 2.17. The summed E-state index contributed by atoms with van der Waals surface area (Å²) in [4.78, 5) is 4.15. The average molecular weight is 233 g/mol. The summed E-state index contributed by atoms with van der Waals surface area (Å²) >= 11 is 0. The molecule has 0 aliphatic carbocycles. The molecule has 0 amide bonds. The van der Waals surface area contributed by atoms with Crippen LogP contribution in [0.25, 0.3) is 0 Å². The Kier molecular flexibility index (Phi) is 3.17. The van der Waals surface area contributed by atoms with Crippen LogP contribution in [0.4, 0.5) is 0 Å². The molecule has 0 aromatic rings. The fraction of sp³-hybridized carbons (Fsp3) is 0.625. The highest BCUT2D eigenvalue weighted by Gasteiger charge is 2.28. The molecule has 15 heavy (non-hydrogen) atoms. The molecule has 0 unspecified atom stereocenters. The lowest BCUT2D eigenvalue weighted by molar-refractivity contribution is 0.0322. The SMILES string of the molecule is CC1(C)OCCN=C1/C=C(\N)S(N)(=O)=O. The number of hydrogen-bond acceptors (Lipinski definition) is 5. The van der Waals surface area contributed by atoms with Crippen molar-refractivity contribution in [3.8, 4) is 0 Å². The van der Waals surface area contributed by atoms with Gasteiger partial charge in [0.05, 0.1) is 18.9 Å². The van der Waals surface area contributed by atoms with Crippen LogP contribution >= 0.6 is 0 Å². The Bertz CT molecular complexity index is 409. The molecule has 0 saturated heterocycles. The van der Waals surface area contributed by atoms with E-state index in [9.17, 15) is 8.42 Å². The second-order valence-electron chi connectivity index (χ2n) is 3.72. The molecule has 0 radical (unpaired) electrons. The largest absolute Gasteiger partial charge is 0.388 e. The van der Waals surface area contributed by atoms with Crippen LogP contribution in [0.3, 0.4) is 0 Å². The van der Waals surface area contributed by atoms with Crippen LogP contribution in [0.5, 0.6) is 0 Å². The van der Waals surface area contributed by atoms with Crippen molar-refractivity contribution in [2.45, 2.75) is 19.4 Å². The van der Waals surface area contributed by atoms with E-state index in [1.165, 1.54) is 6.08 Å². The van der Waals surface area contributed by atoms with Gasteiger partial charge in [0, 0.05) is 0 Å². The van der Waals surface area contributed by atoms with Gasteiger partial charge in [-0.15, -0.1) is 0 Å². The van der Waals surface area contributed by atoms with Crippen LogP contribution in [0.15, 0.2) is 16.1 Å². The molecule has 0 atom stereocenters. The maximum atomic E-state index is 10.9. The number of hydrogen-bond donors (Lipinski definition) is 2. The van der Waals surface area contributed by atoms with Crippen molar-refractivity contribution < 1.29 is 13.2 Å². The first-order valence-corrected chi connectivity index (χ1v) is 5.97. The number of primary sulfonamides is 1. The highest BCUT2D eigenvalue weighted by molar-refractivity contribution is 7.93. The molecule has 0 aromatic heterocycles. The second-order valence-corrected chi connectivity index (χ2v) is 5.28. The molecule has 1 aliphatic rings. The first kappa shape index (κ1) is 12.2. The van der Waals surface area contributed by atoms with Crippen molar-refractivity contribution >= 4 is 15.7 Å². The lowest BCUT2D eigenvalue weighted by Gasteiger charge is -2.29. The van der Waals surface area contributed by atoms with E-state index in [4.69, 9.17) is 15.6 Å². The minimum atomic E-state index is -3.85. The minimum absolute atomic E-state index is 0.403. The number of nitrogens with zero attached hydrogens (tertiary/aromatic N) is 1. The maximum Gasteiger partial charge on any atom is 0.253 e. The van der Waals surface area contributed by atoms with Crippen molar-refractivity contribution in [2.75, 3.05) is 13.2 Å². The topological polar surface area (TPSA) is 108 Å². The van der Waals surface area contributed by atoms with Crippen LogP contribution in [0.2, 0.25) is 0 Å². The van der Waals surface area contributed by atoms with E-state index < -0.39 is 20.7 Å². The Labute approximate surface area is 89.0 Å². The normalized spacial score (nSPS) is 22.3. The van der Waals surface area contributed by atoms with Crippen LogP contribution < -0.4 is 10.9 Å². The Morgan fingerprint density at radius 1 is 1.60 bits per heavy atom. The summed E-state index contributed by atoms with van der Waals surface area (Å²) in [5, 5.41) is 4.46. The quantitative estimate of drug-likeness (QED) is 0.659. The fourth-order valence-corrected chi connectivity index (χ4v) is 1.44. The molecule has 1 rings (SSSR count). The van der Waals surface area contributed by atoms with E-state index >= 15 is 0 Å². The highest BCUT2D eigenvalue weighted by atomic mass is 32.2. The first-order valence-electron chi connectivity index (χ1n) is 4.42. The van der Waals surface area contributed by atoms with Gasteiger partial charge in [0.1, 0.15) is 10.6 Å². The van der Waals surface area contributed by atoms with Gasteiger partial charge in [-0.1, -0.05) is 0 Å². The van der Waals surface area contributed by atoms with E-state index in [0.29, 0.717) is 18.9 Å². The third-order valence-corrected chi connectivity index (χ3v) is 2.84. The van der Waals surface area contributed by atoms with E-state index in [-0.39, 0.29) is 0 Å². The molecule has 7 heteroatoms. The van der Waals surface area contributed by atoms with Gasteiger partial charge in [0.2, 0.25) is 0 Å². The number of aliphatic imine (C=N–C) groups is 1. The first-order chi connectivity index (χ1) is 6.73. The molecule has 6 nitrogen and oxygen atoms in total. The van der Waals surface area contributed by atoms with Gasteiger partial charge in [0.15, 0.2) is 0 Å². The van der Waals surface area contributed by atoms with Crippen LogP contribution in [0.1, 0.15) is 13.8 Å². The standard InChI is InChI=1S/C8H15N3O3S/c1-8(2)6(11-3-4-14-8)5-7(9)15(10,12)13/h5H,3-4,9H2,1-2H3,(H2,10,12,13)/b7-5+. The van der Waals surface area contributed by atoms with Crippen molar-refractivity contribution in [3.05, 3.63) is 11.1 Å². The van der Waals surface area contributed by atoms with Crippen molar-refractivity contribution in [1.82, 2.24) is 0 Å². The van der Waals surface area contributed by atoms with Crippen LogP contribution in [-0.2, 0) is 14.8 Å². The number of rotatable bonds is 2. The fourth-order valence-electron chi connectivity index (χ4n) is 1.17. The number of nitrogens with two attached hydrogens (primary N) is 2. The van der Waals surface area contributed by atoms with Gasteiger partial charge in [-0.2, -0.15) is 0 Å². The van der Waals surface area contributed by atoms with Crippen molar-refractivity contribution in [1.29, 1.82) is 0 Å². The zero-order chi connectivity index (χ0) is 11.7. The number of ether oxygens (including phenoxy) is 1. The maximum absolute atomic E-state index is 10.9. The zero-order valence-corrected chi connectivity index (χ0v) is 9.54. The molecular weight excluding hydrogens is 218 g/mol. The molecule has 0 spiro atoms. The summed E-state index contributed by atoms with van der Waals surface area (Å²) in [5.41, 5.74) is 5.17. The van der Waals surface area contributed by atoms with Crippen LogP contribution in [0, 0.1) is 0 Å². The minimum Gasteiger partial charge on any atom is -0.388 e. The van der Waals surface area contributed by atoms with E-state index in [0.717, 1.165) is 0 Å². The van der Waals surface area contributed by atoms with Gasteiger partial charge in [0.25, 0.3) is 10.0 Å². The summed E-state index contributed by atoms with van der Waals surface area (Å²) in [6, 6.07) is 0. The predicted octanol–water partition coefficient (Wildman–Crippen LogP) is -0.675. The predicted molar refractivity (Wildman–Crippen MR) is 57.7 cm³/mol. The molecule has 0 bridgehead atoms. The lowest BCUT2D eigenvalue weighted by atomic mass is 10.0. The summed E-state index contributed by atoms with van der Waals surface area (Å²) in [5.74, 6) is 0. The van der Waals surface area contributed by atoms with E-state index in [1.807, 2.05) is 0 Å². The summed E-state index contributed by atoms with van der Waals surface area (Å²) in [7, 11) is -3.85. The van der Waals surface area contributed by atoms with Gasteiger partial charge in [-0.05, 0) is 19.9 Å². The van der Waals surface area contributed by atoms with E-state index in [1.54, 1.807) is 13.8 Å². The lowest BCUT2D eigenvalue weighted by Crippen LogP contribution is -2.39. The van der Waals surface area contributed by atoms with Crippen molar-refractivity contribution in [2.24, 2.45) is 15.9 Å². The monoisotopic (exact) mass is 233 g/mol. The molecule has 0 aromatic carbocycles.